The third kappa shape index (κ3) is 5.01. The van der Waals surface area contributed by atoms with E-state index in [1.807, 2.05) is 13.8 Å². The predicted octanol–water partition coefficient (Wildman–Crippen LogP) is 3.68. The summed E-state index contributed by atoms with van der Waals surface area (Å²) in [4.78, 5) is 42.5. The highest BCUT2D eigenvalue weighted by Gasteiger charge is 2.12. The lowest BCUT2D eigenvalue weighted by Crippen LogP contribution is -2.23. The lowest BCUT2D eigenvalue weighted by atomic mass is 10.2. The van der Waals surface area contributed by atoms with E-state index < -0.39 is 5.97 Å². The first-order chi connectivity index (χ1) is 14.4. The smallest absolute Gasteiger partial charge is 0.330 e. The maximum absolute atomic E-state index is 12.7. The van der Waals surface area contributed by atoms with Gasteiger partial charge in [0.2, 0.25) is 5.91 Å². The fourth-order valence-electron chi connectivity index (χ4n) is 2.91. The quantitative estimate of drug-likeness (QED) is 0.461. The molecule has 0 aliphatic heterocycles. The van der Waals surface area contributed by atoms with Crippen LogP contribution in [-0.2, 0) is 20.9 Å². The Morgan fingerprint density at radius 2 is 1.97 bits per heavy atom. The second-order valence-electron chi connectivity index (χ2n) is 6.71. The van der Waals surface area contributed by atoms with Crippen LogP contribution in [0.3, 0.4) is 0 Å². The maximum atomic E-state index is 12.7. The number of carbonyl (C=O) groups excluding carboxylic acids is 2. The lowest BCUT2D eigenvalue weighted by Gasteiger charge is -2.07. The van der Waals surface area contributed by atoms with Gasteiger partial charge in [-0.25, -0.2) is 9.78 Å². The molecule has 0 fully saturated rings. The van der Waals surface area contributed by atoms with E-state index in [2.05, 4.69) is 10.3 Å². The normalized spacial score (nSPS) is 11.2. The number of ether oxygens (including phenoxy) is 1. The molecule has 1 N–H and O–H groups in total. The van der Waals surface area contributed by atoms with Crippen LogP contribution < -0.4 is 10.9 Å². The van der Waals surface area contributed by atoms with Gasteiger partial charge in [0, 0.05) is 29.6 Å². The number of aromatic nitrogens is 2. The number of anilines is 1. The molecular formula is C22H23N3O4S. The molecule has 0 saturated heterocycles. The molecule has 0 bridgehead atoms. The first-order valence-electron chi connectivity index (χ1n) is 9.59. The number of esters is 1. The van der Waals surface area contributed by atoms with Crippen molar-refractivity contribution in [3.63, 3.8) is 0 Å². The number of hydrogen-bond donors (Lipinski definition) is 1. The molecule has 0 atom stereocenters. The van der Waals surface area contributed by atoms with Gasteiger partial charge in [0.15, 0.2) is 0 Å². The molecule has 1 amide bonds. The van der Waals surface area contributed by atoms with E-state index in [-0.39, 0.29) is 24.4 Å². The minimum Gasteiger partial charge on any atom is -0.463 e. The third-order valence-corrected chi connectivity index (χ3v) is 5.74. The van der Waals surface area contributed by atoms with E-state index >= 15 is 0 Å². The Morgan fingerprint density at radius 3 is 2.67 bits per heavy atom. The summed E-state index contributed by atoms with van der Waals surface area (Å²) in [7, 11) is 0. The summed E-state index contributed by atoms with van der Waals surface area (Å²) in [6.45, 7) is 6.22. The highest BCUT2D eigenvalue weighted by Crippen LogP contribution is 2.25. The van der Waals surface area contributed by atoms with Crippen molar-refractivity contribution < 1.29 is 14.3 Å². The number of carbonyl (C=O) groups is 2. The molecule has 1 aromatic carbocycles. The molecule has 156 valence electrons. The number of nitrogens with zero attached hydrogens (tertiary/aromatic N) is 2. The van der Waals surface area contributed by atoms with E-state index in [1.165, 1.54) is 28.3 Å². The molecule has 0 saturated carbocycles. The van der Waals surface area contributed by atoms with Crippen LogP contribution in [0.2, 0.25) is 0 Å². The molecular weight excluding hydrogens is 402 g/mol. The van der Waals surface area contributed by atoms with Gasteiger partial charge in [0.05, 0.1) is 18.3 Å². The molecule has 3 aromatic rings. The van der Waals surface area contributed by atoms with Gasteiger partial charge in [-0.05, 0) is 50.1 Å². The number of benzene rings is 1. The Labute approximate surface area is 178 Å². The Morgan fingerprint density at radius 1 is 1.23 bits per heavy atom. The molecule has 3 rings (SSSR count). The number of thiophene rings is 1. The maximum Gasteiger partial charge on any atom is 0.330 e. The lowest BCUT2D eigenvalue weighted by molar-refractivity contribution is -0.137. The SMILES string of the molecule is CCOC(=O)/C=C/c1ccc(NC(=O)CCn2cnc3sc(C)c(C)c3c2=O)cc1. The second-order valence-corrected chi connectivity index (χ2v) is 7.92. The van der Waals surface area contributed by atoms with Gasteiger partial charge in [-0.1, -0.05) is 12.1 Å². The summed E-state index contributed by atoms with van der Waals surface area (Å²) in [5, 5.41) is 3.44. The summed E-state index contributed by atoms with van der Waals surface area (Å²) < 4.78 is 6.31. The van der Waals surface area contributed by atoms with Crippen LogP contribution in [0.25, 0.3) is 16.3 Å². The highest BCUT2D eigenvalue weighted by atomic mass is 32.1. The van der Waals surface area contributed by atoms with Gasteiger partial charge in [0.25, 0.3) is 5.56 Å². The van der Waals surface area contributed by atoms with Crippen molar-refractivity contribution in [2.45, 2.75) is 33.7 Å². The molecule has 30 heavy (non-hydrogen) atoms. The van der Waals surface area contributed by atoms with Crippen LogP contribution >= 0.6 is 11.3 Å². The molecule has 0 radical (unpaired) electrons. The fourth-order valence-corrected chi connectivity index (χ4v) is 3.89. The average Bonchev–Trinajstić information content (AvgIpc) is 3.01. The van der Waals surface area contributed by atoms with Crippen LogP contribution in [-0.4, -0.2) is 28.0 Å². The van der Waals surface area contributed by atoms with Crippen LogP contribution in [0, 0.1) is 13.8 Å². The third-order valence-electron chi connectivity index (χ3n) is 4.63. The monoisotopic (exact) mass is 425 g/mol. The number of rotatable bonds is 7. The number of aryl methyl sites for hydroxylation is 3. The van der Waals surface area contributed by atoms with Crippen molar-refractivity contribution >= 4 is 45.2 Å². The number of hydrogen-bond acceptors (Lipinski definition) is 6. The summed E-state index contributed by atoms with van der Waals surface area (Å²) in [5.41, 5.74) is 2.28. The van der Waals surface area contributed by atoms with Gasteiger partial charge < -0.3 is 10.1 Å². The van der Waals surface area contributed by atoms with Crippen LogP contribution in [0.5, 0.6) is 0 Å². The second kappa shape index (κ2) is 9.49. The van der Waals surface area contributed by atoms with Crippen molar-refractivity contribution in [2.24, 2.45) is 0 Å². The molecule has 0 unspecified atom stereocenters. The first kappa shape index (κ1) is 21.4. The van der Waals surface area contributed by atoms with Crippen molar-refractivity contribution in [3.8, 4) is 0 Å². The van der Waals surface area contributed by atoms with E-state index in [9.17, 15) is 14.4 Å². The first-order valence-corrected chi connectivity index (χ1v) is 10.4. The fraction of sp³-hybridized carbons (Fsp3) is 0.273. The average molecular weight is 426 g/mol. The number of fused-ring (bicyclic) bond motifs is 1. The largest absolute Gasteiger partial charge is 0.463 e. The molecule has 2 aromatic heterocycles. The van der Waals surface area contributed by atoms with E-state index in [0.29, 0.717) is 17.7 Å². The molecule has 7 nitrogen and oxygen atoms in total. The Bertz CT molecular complexity index is 1160. The zero-order valence-corrected chi connectivity index (χ0v) is 17.9. The Hall–Kier alpha value is -3.26. The van der Waals surface area contributed by atoms with E-state index in [1.54, 1.807) is 37.3 Å². The molecule has 0 aliphatic rings. The minimum absolute atomic E-state index is 0.118. The van der Waals surface area contributed by atoms with Crippen molar-refractivity contribution in [2.75, 3.05) is 11.9 Å². The number of nitrogens with one attached hydrogen (secondary N) is 1. The topological polar surface area (TPSA) is 90.3 Å². The standard InChI is InChI=1S/C22H23N3O4S/c1-4-29-19(27)10-7-16-5-8-17(9-6-16)24-18(26)11-12-25-13-23-21-20(22(25)28)14(2)15(3)30-21/h5-10,13H,4,11-12H2,1-3H3,(H,24,26)/b10-7+. The van der Waals surface area contributed by atoms with Gasteiger partial charge in [-0.3, -0.25) is 14.2 Å². The summed E-state index contributed by atoms with van der Waals surface area (Å²) in [6.07, 6.45) is 4.65. The van der Waals surface area contributed by atoms with Crippen molar-refractivity contribution in [1.82, 2.24) is 9.55 Å². The van der Waals surface area contributed by atoms with Crippen LogP contribution in [0.15, 0.2) is 41.5 Å². The molecule has 0 aliphatic carbocycles. The molecule has 0 spiro atoms. The van der Waals surface area contributed by atoms with Gasteiger partial charge in [-0.2, -0.15) is 0 Å². The van der Waals surface area contributed by atoms with Gasteiger partial charge in [-0.15, -0.1) is 11.3 Å². The van der Waals surface area contributed by atoms with Gasteiger partial charge >= 0.3 is 5.97 Å². The van der Waals surface area contributed by atoms with Gasteiger partial charge in [0.1, 0.15) is 4.83 Å². The summed E-state index contributed by atoms with van der Waals surface area (Å²) >= 11 is 1.50. The van der Waals surface area contributed by atoms with Crippen LogP contribution in [0.1, 0.15) is 29.3 Å². The molecule has 8 heteroatoms. The number of amides is 1. The van der Waals surface area contributed by atoms with E-state index in [0.717, 1.165) is 20.8 Å². The predicted molar refractivity (Wildman–Crippen MR) is 119 cm³/mol. The van der Waals surface area contributed by atoms with E-state index in [4.69, 9.17) is 4.74 Å². The van der Waals surface area contributed by atoms with Crippen LogP contribution in [0.4, 0.5) is 5.69 Å². The highest BCUT2D eigenvalue weighted by molar-refractivity contribution is 7.18. The van der Waals surface area contributed by atoms with Crippen molar-refractivity contribution in [3.05, 3.63) is 63.0 Å². The summed E-state index contributed by atoms with van der Waals surface area (Å²) in [5.74, 6) is -0.597. The molecule has 2 heterocycles. The minimum atomic E-state index is -0.398. The van der Waals surface area contributed by atoms with Crippen molar-refractivity contribution in [1.29, 1.82) is 0 Å². The zero-order valence-electron chi connectivity index (χ0n) is 17.1. The summed E-state index contributed by atoms with van der Waals surface area (Å²) in [6, 6.07) is 7.07. The Kier molecular flexibility index (Phi) is 6.79. The zero-order chi connectivity index (χ0) is 21.7. The Balaban J connectivity index is 1.59.